The maximum Gasteiger partial charge on any atom is 0.303 e. The smallest absolute Gasteiger partial charge is 0.303 e. The van der Waals surface area contributed by atoms with Crippen molar-refractivity contribution < 1.29 is 57.5 Å². The molecular formula is C18H26O12. The lowest BCUT2D eigenvalue weighted by atomic mass is 9.98. The first-order valence-corrected chi connectivity index (χ1v) is 9.15. The van der Waals surface area contributed by atoms with Gasteiger partial charge in [-0.05, 0) is 6.42 Å². The average Bonchev–Trinajstić information content (AvgIpc) is 2.60. The summed E-state index contributed by atoms with van der Waals surface area (Å²) in [5.41, 5.74) is 0. The number of ether oxygens (including phenoxy) is 6. The summed E-state index contributed by atoms with van der Waals surface area (Å²) in [5, 5.41) is 8.73. The molecule has 0 unspecified atom stereocenters. The third-order valence-corrected chi connectivity index (χ3v) is 3.77. The molecule has 0 spiro atoms. The topological polar surface area (TPSA) is 161 Å². The lowest BCUT2D eigenvalue weighted by Crippen LogP contribution is -2.63. The average molecular weight is 434 g/mol. The van der Waals surface area contributed by atoms with Crippen LogP contribution in [0.5, 0.6) is 0 Å². The molecule has 1 aliphatic heterocycles. The van der Waals surface area contributed by atoms with E-state index in [0.717, 1.165) is 27.7 Å². The molecule has 1 aliphatic rings. The molecule has 12 heteroatoms. The Hall–Kier alpha value is -2.73. The van der Waals surface area contributed by atoms with Crippen molar-refractivity contribution in [3.63, 3.8) is 0 Å². The minimum atomic E-state index is -1.32. The largest absolute Gasteiger partial charge is 0.481 e. The number of rotatable bonds is 10. The lowest BCUT2D eigenvalue weighted by Gasteiger charge is -2.44. The molecule has 1 rings (SSSR count). The second-order valence-corrected chi connectivity index (χ2v) is 6.44. The maximum absolute atomic E-state index is 11.7. The Morgan fingerprint density at radius 2 is 1.33 bits per heavy atom. The van der Waals surface area contributed by atoms with Gasteiger partial charge in [0.1, 0.15) is 12.7 Å². The minimum absolute atomic E-state index is 0.0833. The van der Waals surface area contributed by atoms with Gasteiger partial charge in [0.15, 0.2) is 24.6 Å². The second kappa shape index (κ2) is 12.1. The van der Waals surface area contributed by atoms with E-state index in [1.165, 1.54) is 0 Å². The number of hydrogen-bond acceptors (Lipinski definition) is 11. The molecule has 1 heterocycles. The molecular weight excluding hydrogens is 408 g/mol. The van der Waals surface area contributed by atoms with Gasteiger partial charge < -0.3 is 33.5 Å². The van der Waals surface area contributed by atoms with Crippen LogP contribution in [0.15, 0.2) is 0 Å². The van der Waals surface area contributed by atoms with Crippen molar-refractivity contribution in [1.82, 2.24) is 0 Å². The molecule has 1 fully saturated rings. The van der Waals surface area contributed by atoms with Crippen LogP contribution in [0.2, 0.25) is 0 Å². The van der Waals surface area contributed by atoms with E-state index in [1.54, 1.807) is 0 Å². The number of carbonyl (C=O) groups is 5. The van der Waals surface area contributed by atoms with Crippen LogP contribution in [0.3, 0.4) is 0 Å². The van der Waals surface area contributed by atoms with Gasteiger partial charge in [-0.25, -0.2) is 0 Å². The number of aliphatic carboxylic acids is 1. The molecule has 30 heavy (non-hydrogen) atoms. The highest BCUT2D eigenvalue weighted by molar-refractivity contribution is 5.68. The molecule has 0 aromatic heterocycles. The van der Waals surface area contributed by atoms with Crippen molar-refractivity contribution in [1.29, 1.82) is 0 Å². The molecule has 0 radical (unpaired) electrons. The summed E-state index contributed by atoms with van der Waals surface area (Å²) in [7, 11) is 0. The third-order valence-electron chi connectivity index (χ3n) is 3.77. The summed E-state index contributed by atoms with van der Waals surface area (Å²) in [6.45, 7) is 4.04. The van der Waals surface area contributed by atoms with Crippen molar-refractivity contribution in [2.75, 3.05) is 13.2 Å². The van der Waals surface area contributed by atoms with Gasteiger partial charge in [0, 0.05) is 34.1 Å². The van der Waals surface area contributed by atoms with Gasteiger partial charge in [-0.15, -0.1) is 0 Å². The highest BCUT2D eigenvalue weighted by atomic mass is 16.7. The fourth-order valence-corrected chi connectivity index (χ4v) is 2.75. The van der Waals surface area contributed by atoms with Gasteiger partial charge in [0.25, 0.3) is 0 Å². The fourth-order valence-electron chi connectivity index (χ4n) is 2.75. The Kier molecular flexibility index (Phi) is 10.2. The maximum atomic E-state index is 11.7. The molecule has 0 amide bonds. The Labute approximate surface area is 172 Å². The van der Waals surface area contributed by atoms with Crippen LogP contribution in [0.4, 0.5) is 0 Å². The molecule has 0 aliphatic carbocycles. The van der Waals surface area contributed by atoms with Crippen LogP contribution in [-0.2, 0) is 52.4 Å². The van der Waals surface area contributed by atoms with Crippen LogP contribution in [0.25, 0.3) is 0 Å². The standard InChI is InChI=1S/C18H26O12/c1-9(19)26-8-13-15(27-10(2)20)16(28-11(3)21)17(29-12(4)22)18(30-13)25-7-5-6-14(23)24/h13,15-18H,5-8H2,1-4H3,(H,23,24)/t13-,15-,16+,17+,18-/m1/s1. The van der Waals surface area contributed by atoms with Gasteiger partial charge in [-0.2, -0.15) is 0 Å². The number of esters is 4. The molecule has 1 N–H and O–H groups in total. The first-order valence-electron chi connectivity index (χ1n) is 9.15. The van der Waals surface area contributed by atoms with Gasteiger partial charge in [-0.1, -0.05) is 0 Å². The predicted molar refractivity (Wildman–Crippen MR) is 94.8 cm³/mol. The Morgan fingerprint density at radius 3 is 1.83 bits per heavy atom. The number of hydrogen-bond donors (Lipinski definition) is 1. The summed E-state index contributed by atoms with van der Waals surface area (Å²) >= 11 is 0. The summed E-state index contributed by atoms with van der Waals surface area (Å²) in [6, 6.07) is 0. The van der Waals surface area contributed by atoms with Crippen molar-refractivity contribution in [3.8, 4) is 0 Å². The number of carbonyl (C=O) groups excluding carboxylic acids is 4. The van der Waals surface area contributed by atoms with Gasteiger partial charge in [0.2, 0.25) is 0 Å². The molecule has 170 valence electrons. The zero-order chi connectivity index (χ0) is 22.8. The Morgan fingerprint density at radius 1 is 0.800 bits per heavy atom. The molecule has 0 aromatic carbocycles. The Balaban J connectivity index is 3.17. The van der Waals surface area contributed by atoms with Crippen molar-refractivity contribution in [2.24, 2.45) is 0 Å². The van der Waals surface area contributed by atoms with E-state index in [2.05, 4.69) is 0 Å². The molecule has 1 saturated heterocycles. The lowest BCUT2D eigenvalue weighted by molar-refractivity contribution is -0.308. The summed E-state index contributed by atoms with van der Waals surface area (Å²) in [5.74, 6) is -3.91. The van der Waals surface area contributed by atoms with E-state index in [9.17, 15) is 24.0 Å². The number of carboxylic acids is 1. The first kappa shape index (κ1) is 25.3. The van der Waals surface area contributed by atoms with E-state index >= 15 is 0 Å². The van der Waals surface area contributed by atoms with Crippen molar-refractivity contribution in [3.05, 3.63) is 0 Å². The zero-order valence-electron chi connectivity index (χ0n) is 17.2. The predicted octanol–water partition coefficient (Wildman–Crippen LogP) is -0.0491. The van der Waals surface area contributed by atoms with Gasteiger partial charge in [0.05, 0.1) is 6.61 Å². The van der Waals surface area contributed by atoms with E-state index in [4.69, 9.17) is 33.5 Å². The molecule has 12 nitrogen and oxygen atoms in total. The fraction of sp³-hybridized carbons (Fsp3) is 0.722. The van der Waals surface area contributed by atoms with E-state index < -0.39 is 60.6 Å². The Bertz CT molecular complexity index is 645. The third kappa shape index (κ3) is 8.74. The van der Waals surface area contributed by atoms with Crippen LogP contribution in [-0.4, -0.2) is 78.9 Å². The van der Waals surface area contributed by atoms with Crippen LogP contribution in [0.1, 0.15) is 40.5 Å². The van der Waals surface area contributed by atoms with Crippen LogP contribution in [0, 0.1) is 0 Å². The normalized spacial score (nSPS) is 25.7. The van der Waals surface area contributed by atoms with Crippen molar-refractivity contribution in [2.45, 2.75) is 71.2 Å². The zero-order valence-corrected chi connectivity index (χ0v) is 17.2. The van der Waals surface area contributed by atoms with Crippen LogP contribution >= 0.6 is 0 Å². The molecule has 0 bridgehead atoms. The SMILES string of the molecule is CC(=O)OC[C@H]1O[C@@H](OCCCC(=O)O)[C@@H](OC(C)=O)[C@@H](OC(C)=O)[C@@H]1OC(C)=O. The molecule has 0 saturated carbocycles. The first-order chi connectivity index (χ1) is 14.0. The minimum Gasteiger partial charge on any atom is -0.481 e. The van der Waals surface area contributed by atoms with Crippen molar-refractivity contribution >= 4 is 29.8 Å². The number of carboxylic acid groups (broad SMARTS) is 1. The van der Waals surface area contributed by atoms with E-state index in [-0.39, 0.29) is 26.1 Å². The highest BCUT2D eigenvalue weighted by Gasteiger charge is 2.52. The second-order valence-electron chi connectivity index (χ2n) is 6.44. The van der Waals surface area contributed by atoms with E-state index in [1.807, 2.05) is 0 Å². The van der Waals surface area contributed by atoms with Gasteiger partial charge in [-0.3, -0.25) is 24.0 Å². The quantitative estimate of drug-likeness (QED) is 0.278. The molecule has 0 aromatic rings. The van der Waals surface area contributed by atoms with Gasteiger partial charge >= 0.3 is 29.8 Å². The summed E-state index contributed by atoms with van der Waals surface area (Å²) in [4.78, 5) is 56.7. The molecule has 5 atom stereocenters. The summed E-state index contributed by atoms with van der Waals surface area (Å²) in [6.07, 6.45) is -6.39. The summed E-state index contributed by atoms with van der Waals surface area (Å²) < 4.78 is 31.8. The monoisotopic (exact) mass is 434 g/mol. The van der Waals surface area contributed by atoms with Crippen LogP contribution < -0.4 is 0 Å². The van der Waals surface area contributed by atoms with E-state index in [0.29, 0.717) is 0 Å². The highest BCUT2D eigenvalue weighted by Crippen LogP contribution is 2.30.